The van der Waals surface area contributed by atoms with Crippen molar-refractivity contribution in [2.75, 3.05) is 6.61 Å². The van der Waals surface area contributed by atoms with Crippen LogP contribution < -0.4 is 0 Å². The molecule has 0 aliphatic rings. The Morgan fingerprint density at radius 1 is 1.82 bits per heavy atom. The van der Waals surface area contributed by atoms with Crippen LogP contribution in [-0.4, -0.2) is 18.6 Å². The number of carbonyl (C=O) groups is 1. The van der Waals surface area contributed by atoms with Crippen molar-refractivity contribution in [1.82, 2.24) is 0 Å². The Kier molecular flexibility index (Phi) is 5.91. The van der Waals surface area contributed by atoms with Crippen LogP contribution in [0.2, 0.25) is 0 Å². The fraction of sp³-hybridized carbons (Fsp3) is 0.571. The molecule has 0 radical (unpaired) electrons. The molecule has 0 aromatic rings. The maximum atomic E-state index is 9.97. The van der Waals surface area contributed by atoms with E-state index in [1.54, 1.807) is 6.07 Å². The monoisotopic (exact) mass is 154 g/mol. The van der Waals surface area contributed by atoms with Crippen LogP contribution >= 0.6 is 0 Å². The zero-order valence-corrected chi connectivity index (χ0v) is 6.41. The largest absolute Gasteiger partial charge is 0.395 e. The molecule has 0 saturated carbocycles. The van der Waals surface area contributed by atoms with Gasteiger partial charge in [0.2, 0.25) is 5.71 Å². The van der Waals surface area contributed by atoms with Crippen LogP contribution in [0.1, 0.15) is 19.8 Å². The predicted molar refractivity (Wildman–Crippen MR) is 40.0 cm³/mol. The lowest BCUT2D eigenvalue weighted by Crippen LogP contribution is -1.97. The standard InChI is InChI=1S/C7H10N2O2/c1-2-3-4-11-9-7(5-8)6-10/h6H,2-4H2,1H3. The zero-order valence-electron chi connectivity index (χ0n) is 6.41. The molecular formula is C7H10N2O2. The molecule has 0 saturated heterocycles. The molecule has 0 fully saturated rings. The van der Waals surface area contributed by atoms with Gasteiger partial charge in [0, 0.05) is 0 Å². The minimum absolute atomic E-state index is 0.221. The van der Waals surface area contributed by atoms with Crippen LogP contribution in [0.5, 0.6) is 0 Å². The molecule has 0 N–H and O–H groups in total. The third-order valence-electron chi connectivity index (χ3n) is 0.978. The summed E-state index contributed by atoms with van der Waals surface area (Å²) in [5.41, 5.74) is -0.221. The number of hydrogen-bond acceptors (Lipinski definition) is 4. The van der Waals surface area contributed by atoms with E-state index in [0.29, 0.717) is 12.9 Å². The summed E-state index contributed by atoms with van der Waals surface area (Å²) in [5.74, 6) is 0. The fourth-order valence-corrected chi connectivity index (χ4v) is 0.392. The van der Waals surface area contributed by atoms with Crippen molar-refractivity contribution in [2.45, 2.75) is 19.8 Å². The first-order valence-corrected chi connectivity index (χ1v) is 3.40. The molecule has 11 heavy (non-hydrogen) atoms. The molecule has 4 heteroatoms. The number of carbonyl (C=O) groups excluding carboxylic acids is 1. The van der Waals surface area contributed by atoms with E-state index >= 15 is 0 Å². The van der Waals surface area contributed by atoms with E-state index in [2.05, 4.69) is 9.99 Å². The third-order valence-corrected chi connectivity index (χ3v) is 0.978. The second-order valence-electron chi connectivity index (χ2n) is 1.89. The second kappa shape index (κ2) is 6.75. The summed E-state index contributed by atoms with van der Waals surface area (Å²) in [4.78, 5) is 14.6. The Morgan fingerprint density at radius 3 is 3.00 bits per heavy atom. The highest BCUT2D eigenvalue weighted by Gasteiger charge is 1.92. The van der Waals surface area contributed by atoms with Gasteiger partial charge in [-0.25, -0.2) is 0 Å². The first kappa shape index (κ1) is 9.63. The molecule has 0 aliphatic heterocycles. The number of oxime groups is 1. The Labute approximate surface area is 65.4 Å². The topological polar surface area (TPSA) is 62.4 Å². The quantitative estimate of drug-likeness (QED) is 0.255. The van der Waals surface area contributed by atoms with E-state index in [1.165, 1.54) is 0 Å². The van der Waals surface area contributed by atoms with Gasteiger partial charge in [-0.15, -0.1) is 0 Å². The van der Waals surface area contributed by atoms with Crippen molar-refractivity contribution in [1.29, 1.82) is 5.26 Å². The predicted octanol–water partition coefficient (Wildman–Crippen LogP) is 0.882. The van der Waals surface area contributed by atoms with Gasteiger partial charge in [0.25, 0.3) is 0 Å². The SMILES string of the molecule is CCCCON=C(C#N)C=O. The first-order valence-electron chi connectivity index (χ1n) is 3.40. The number of aldehydes is 1. The van der Waals surface area contributed by atoms with Crippen LogP contribution in [0, 0.1) is 11.3 Å². The molecule has 4 nitrogen and oxygen atoms in total. The van der Waals surface area contributed by atoms with Gasteiger partial charge in [0.15, 0.2) is 6.29 Å². The van der Waals surface area contributed by atoms with Gasteiger partial charge in [0.05, 0.1) is 0 Å². The van der Waals surface area contributed by atoms with Crippen molar-refractivity contribution in [2.24, 2.45) is 5.16 Å². The molecule has 0 aromatic heterocycles. The molecule has 0 aromatic carbocycles. The highest BCUT2D eigenvalue weighted by molar-refractivity contribution is 6.35. The van der Waals surface area contributed by atoms with Crippen LogP contribution in [0.15, 0.2) is 5.16 Å². The molecule has 0 amide bonds. The van der Waals surface area contributed by atoms with Gasteiger partial charge in [-0.3, -0.25) is 4.79 Å². The molecule has 0 aliphatic carbocycles. The van der Waals surface area contributed by atoms with Gasteiger partial charge in [0.1, 0.15) is 12.7 Å². The van der Waals surface area contributed by atoms with Gasteiger partial charge in [-0.2, -0.15) is 5.26 Å². The van der Waals surface area contributed by atoms with E-state index in [0.717, 1.165) is 12.8 Å². The van der Waals surface area contributed by atoms with Crippen molar-refractivity contribution >= 4 is 12.0 Å². The maximum absolute atomic E-state index is 9.97. The Hall–Kier alpha value is -1.37. The molecular weight excluding hydrogens is 144 g/mol. The van der Waals surface area contributed by atoms with Gasteiger partial charge < -0.3 is 4.84 Å². The van der Waals surface area contributed by atoms with E-state index in [4.69, 9.17) is 5.26 Å². The molecule has 0 rings (SSSR count). The molecule has 60 valence electrons. The van der Waals surface area contributed by atoms with E-state index < -0.39 is 0 Å². The number of hydrogen-bond donors (Lipinski definition) is 0. The smallest absolute Gasteiger partial charge is 0.219 e. The van der Waals surface area contributed by atoms with Crippen LogP contribution in [0.3, 0.4) is 0 Å². The summed E-state index contributed by atoms with van der Waals surface area (Å²) in [6, 6.07) is 1.59. The summed E-state index contributed by atoms with van der Waals surface area (Å²) in [6.07, 6.45) is 2.24. The molecule has 0 atom stereocenters. The number of rotatable bonds is 5. The van der Waals surface area contributed by atoms with E-state index in [9.17, 15) is 4.79 Å². The molecule has 0 unspecified atom stereocenters. The normalized spacial score (nSPS) is 10.4. The lowest BCUT2D eigenvalue weighted by atomic mass is 10.4. The molecule has 0 heterocycles. The van der Waals surface area contributed by atoms with Gasteiger partial charge in [-0.05, 0) is 6.42 Å². The minimum atomic E-state index is -0.221. The fourth-order valence-electron chi connectivity index (χ4n) is 0.392. The lowest BCUT2D eigenvalue weighted by molar-refractivity contribution is -0.102. The number of nitriles is 1. The highest BCUT2D eigenvalue weighted by Crippen LogP contribution is 1.88. The highest BCUT2D eigenvalue weighted by atomic mass is 16.6. The van der Waals surface area contributed by atoms with E-state index in [1.807, 2.05) is 6.92 Å². The minimum Gasteiger partial charge on any atom is -0.395 e. The third kappa shape index (κ3) is 5.09. The first-order chi connectivity index (χ1) is 5.35. The lowest BCUT2D eigenvalue weighted by Gasteiger charge is -1.94. The van der Waals surface area contributed by atoms with Crippen molar-refractivity contribution in [3.8, 4) is 6.07 Å². The van der Waals surface area contributed by atoms with Crippen LogP contribution in [0.4, 0.5) is 0 Å². The Bertz CT molecular complexity index is 181. The average Bonchev–Trinajstić information content (AvgIpc) is 2.05. The Morgan fingerprint density at radius 2 is 2.55 bits per heavy atom. The van der Waals surface area contributed by atoms with Gasteiger partial charge in [-0.1, -0.05) is 18.5 Å². The molecule has 0 spiro atoms. The summed E-state index contributed by atoms with van der Waals surface area (Å²) in [5, 5.41) is 11.5. The van der Waals surface area contributed by atoms with Crippen LogP contribution in [0.25, 0.3) is 0 Å². The van der Waals surface area contributed by atoms with Gasteiger partial charge >= 0.3 is 0 Å². The second-order valence-corrected chi connectivity index (χ2v) is 1.89. The summed E-state index contributed by atoms with van der Waals surface area (Å²) in [6.45, 7) is 2.47. The van der Waals surface area contributed by atoms with Crippen molar-refractivity contribution < 1.29 is 9.63 Å². The number of nitrogens with zero attached hydrogens (tertiary/aromatic N) is 2. The van der Waals surface area contributed by atoms with Crippen molar-refractivity contribution in [3.63, 3.8) is 0 Å². The average molecular weight is 154 g/mol. The summed E-state index contributed by atoms with van der Waals surface area (Å²) in [7, 11) is 0. The van der Waals surface area contributed by atoms with Crippen LogP contribution in [-0.2, 0) is 9.63 Å². The summed E-state index contributed by atoms with van der Waals surface area (Å²) < 4.78 is 0. The van der Waals surface area contributed by atoms with Crippen molar-refractivity contribution in [3.05, 3.63) is 0 Å². The maximum Gasteiger partial charge on any atom is 0.219 e. The van der Waals surface area contributed by atoms with E-state index in [-0.39, 0.29) is 5.71 Å². The molecule has 0 bridgehead atoms. The Balaban J connectivity index is 3.55. The number of unbranched alkanes of at least 4 members (excludes halogenated alkanes) is 1. The summed E-state index contributed by atoms with van der Waals surface area (Å²) >= 11 is 0. The zero-order chi connectivity index (χ0) is 8.53.